The molecular weight excluding hydrogens is 400 g/mol. The maximum atomic E-state index is 12.6. The Morgan fingerprint density at radius 1 is 1.20 bits per heavy atom. The molecule has 1 aliphatic rings. The molecule has 0 fully saturated rings. The van der Waals surface area contributed by atoms with Gasteiger partial charge in [0.1, 0.15) is 6.61 Å². The van der Waals surface area contributed by atoms with Gasteiger partial charge < -0.3 is 19.4 Å². The van der Waals surface area contributed by atoms with Crippen LogP contribution in [0.15, 0.2) is 53.7 Å². The molecule has 4 rings (SSSR count). The van der Waals surface area contributed by atoms with Crippen LogP contribution in [0.1, 0.15) is 31.3 Å². The van der Waals surface area contributed by atoms with Crippen molar-refractivity contribution in [2.45, 2.75) is 36.8 Å². The molecule has 0 aliphatic carbocycles. The molecule has 3 aromatic rings. The summed E-state index contributed by atoms with van der Waals surface area (Å²) in [5, 5.41) is 11.8. The van der Waals surface area contributed by atoms with Crippen LogP contribution in [0.3, 0.4) is 0 Å². The first-order chi connectivity index (χ1) is 14.5. The summed E-state index contributed by atoms with van der Waals surface area (Å²) in [6, 6.07) is 15.4. The Morgan fingerprint density at radius 3 is 2.67 bits per heavy atom. The molecule has 0 saturated carbocycles. The van der Waals surface area contributed by atoms with Crippen molar-refractivity contribution in [3.63, 3.8) is 0 Å². The number of hydrogen-bond acceptors (Lipinski definition) is 6. The molecule has 1 aromatic heterocycles. The first-order valence-electron chi connectivity index (χ1n) is 9.89. The molecule has 2 aromatic carbocycles. The largest absolute Gasteiger partial charge is 0.485 e. The lowest BCUT2D eigenvalue weighted by atomic mass is 10.1. The number of benzene rings is 2. The Kier molecular flexibility index (Phi) is 5.94. The monoisotopic (exact) mass is 424 g/mol. The summed E-state index contributed by atoms with van der Waals surface area (Å²) >= 11 is 1.36. The number of hydrogen-bond donors (Lipinski definition) is 1. The molecular formula is C22H24N4O3S. The fraction of sp³-hybridized carbons (Fsp3) is 0.318. The number of carbonyl (C=O) groups is 1. The number of aryl methyl sites for hydroxylation is 1. The highest BCUT2D eigenvalue weighted by Gasteiger charge is 2.28. The molecule has 0 radical (unpaired) electrons. The number of carbonyl (C=O) groups excluding carboxylic acids is 1. The van der Waals surface area contributed by atoms with Gasteiger partial charge in [-0.25, -0.2) is 0 Å². The number of anilines is 1. The first-order valence-corrected chi connectivity index (χ1v) is 10.8. The van der Waals surface area contributed by atoms with Crippen LogP contribution in [-0.2, 0) is 18.3 Å². The van der Waals surface area contributed by atoms with Gasteiger partial charge in [-0.1, -0.05) is 43.0 Å². The van der Waals surface area contributed by atoms with E-state index in [1.807, 2.05) is 67.1 Å². The second-order valence-corrected chi connectivity index (χ2v) is 8.37. The van der Waals surface area contributed by atoms with E-state index in [0.29, 0.717) is 23.3 Å². The van der Waals surface area contributed by atoms with Gasteiger partial charge in [-0.2, -0.15) is 0 Å². The normalized spacial score (nSPS) is 16.2. The van der Waals surface area contributed by atoms with Gasteiger partial charge in [-0.3, -0.25) is 4.79 Å². The van der Waals surface area contributed by atoms with E-state index in [9.17, 15) is 4.79 Å². The highest BCUT2D eigenvalue weighted by atomic mass is 32.2. The minimum Gasteiger partial charge on any atom is -0.485 e. The molecule has 0 spiro atoms. The molecule has 7 nitrogen and oxygen atoms in total. The Bertz CT molecular complexity index is 1040. The fourth-order valence-corrected chi connectivity index (χ4v) is 3.96. The van der Waals surface area contributed by atoms with Crippen LogP contribution in [0.25, 0.3) is 0 Å². The quantitative estimate of drug-likeness (QED) is 0.603. The predicted molar refractivity (Wildman–Crippen MR) is 116 cm³/mol. The number of fused-ring (bicyclic) bond motifs is 1. The lowest BCUT2D eigenvalue weighted by Gasteiger charge is -2.25. The summed E-state index contributed by atoms with van der Waals surface area (Å²) < 4.78 is 13.7. The van der Waals surface area contributed by atoms with E-state index in [-0.39, 0.29) is 17.3 Å². The van der Waals surface area contributed by atoms with E-state index in [4.69, 9.17) is 9.47 Å². The summed E-state index contributed by atoms with van der Waals surface area (Å²) in [4.78, 5) is 12.6. The topological polar surface area (TPSA) is 78.3 Å². The lowest BCUT2D eigenvalue weighted by Crippen LogP contribution is -2.25. The predicted octanol–water partition coefficient (Wildman–Crippen LogP) is 4.01. The van der Waals surface area contributed by atoms with Gasteiger partial charge in [-0.15, -0.1) is 10.2 Å². The summed E-state index contributed by atoms with van der Waals surface area (Å²) in [5.41, 5.74) is 2.02. The van der Waals surface area contributed by atoms with Gasteiger partial charge in [0, 0.05) is 12.7 Å². The zero-order valence-electron chi connectivity index (χ0n) is 17.2. The molecule has 2 heterocycles. The van der Waals surface area contributed by atoms with Gasteiger partial charge in [-0.05, 0) is 43.2 Å². The first kappa shape index (κ1) is 20.3. The van der Waals surface area contributed by atoms with E-state index >= 15 is 0 Å². The molecule has 2 atom stereocenters. The van der Waals surface area contributed by atoms with Crippen molar-refractivity contribution in [1.82, 2.24) is 14.8 Å². The van der Waals surface area contributed by atoms with Crippen molar-refractivity contribution >= 4 is 23.4 Å². The van der Waals surface area contributed by atoms with Crippen molar-refractivity contribution in [3.05, 3.63) is 59.9 Å². The van der Waals surface area contributed by atoms with E-state index < -0.39 is 0 Å². The van der Waals surface area contributed by atoms with E-state index in [0.717, 1.165) is 17.9 Å². The standard InChI is InChI=1S/C22H24N4O3S/c1-4-15-9-11-16(12-10-15)23-21(27)14(2)30-22-25-24-20(26(22)3)19-13-28-17-7-5-6-8-18(17)29-19/h5-12,14,19H,4,13H2,1-3H3,(H,23,27)/t14-,19+/m0/s1. The second-order valence-electron chi connectivity index (χ2n) is 7.06. The molecule has 0 saturated heterocycles. The Morgan fingerprint density at radius 2 is 1.93 bits per heavy atom. The minimum atomic E-state index is -0.354. The van der Waals surface area contributed by atoms with Gasteiger partial charge in [0.05, 0.1) is 5.25 Å². The summed E-state index contributed by atoms with van der Waals surface area (Å²) in [5.74, 6) is 1.99. The third-order valence-corrected chi connectivity index (χ3v) is 6.08. The third-order valence-electron chi connectivity index (χ3n) is 4.95. The SMILES string of the molecule is CCc1ccc(NC(=O)[C@H](C)Sc2nnc([C@H]3COc4ccccc4O3)n2C)cc1. The number of rotatable bonds is 6. The molecule has 1 N–H and O–H groups in total. The zero-order valence-corrected chi connectivity index (χ0v) is 18.0. The minimum absolute atomic E-state index is 0.0834. The number of thioether (sulfide) groups is 1. The van der Waals surface area contributed by atoms with Gasteiger partial charge in [0.15, 0.2) is 28.6 Å². The van der Waals surface area contributed by atoms with Crippen LogP contribution in [-0.4, -0.2) is 32.5 Å². The molecule has 1 amide bonds. The molecule has 8 heteroatoms. The maximum Gasteiger partial charge on any atom is 0.237 e. The average molecular weight is 425 g/mol. The zero-order chi connectivity index (χ0) is 21.1. The number of aromatic nitrogens is 3. The number of nitrogens with zero attached hydrogens (tertiary/aromatic N) is 3. The van der Waals surface area contributed by atoms with Crippen LogP contribution in [0, 0.1) is 0 Å². The molecule has 0 bridgehead atoms. The van der Waals surface area contributed by atoms with Gasteiger partial charge in [0.2, 0.25) is 5.91 Å². The number of amides is 1. The second kappa shape index (κ2) is 8.79. The van der Waals surface area contributed by atoms with Gasteiger partial charge >= 0.3 is 0 Å². The molecule has 156 valence electrons. The van der Waals surface area contributed by atoms with E-state index in [1.54, 1.807) is 0 Å². The molecule has 0 unspecified atom stereocenters. The van der Waals surface area contributed by atoms with Gasteiger partial charge in [0.25, 0.3) is 0 Å². The fourth-order valence-electron chi connectivity index (χ4n) is 3.14. The Balaban J connectivity index is 1.40. The molecule has 1 aliphatic heterocycles. The highest BCUT2D eigenvalue weighted by Crippen LogP contribution is 2.36. The van der Waals surface area contributed by atoms with Crippen LogP contribution in [0.4, 0.5) is 5.69 Å². The van der Waals surface area contributed by atoms with Crippen LogP contribution in [0.5, 0.6) is 11.5 Å². The maximum absolute atomic E-state index is 12.6. The third kappa shape index (κ3) is 4.28. The number of ether oxygens (including phenoxy) is 2. The van der Waals surface area contributed by atoms with E-state index in [2.05, 4.69) is 22.4 Å². The number of para-hydroxylation sites is 2. The van der Waals surface area contributed by atoms with E-state index in [1.165, 1.54) is 17.3 Å². The van der Waals surface area contributed by atoms with Crippen molar-refractivity contribution in [1.29, 1.82) is 0 Å². The lowest BCUT2D eigenvalue weighted by molar-refractivity contribution is -0.115. The highest BCUT2D eigenvalue weighted by molar-refractivity contribution is 8.00. The molecule has 30 heavy (non-hydrogen) atoms. The van der Waals surface area contributed by atoms with Crippen molar-refractivity contribution < 1.29 is 14.3 Å². The van der Waals surface area contributed by atoms with Crippen molar-refractivity contribution in [2.24, 2.45) is 7.05 Å². The Hall–Kier alpha value is -3.00. The summed E-state index contributed by atoms with van der Waals surface area (Å²) in [6.07, 6.45) is 0.615. The average Bonchev–Trinajstić information content (AvgIpc) is 3.13. The summed E-state index contributed by atoms with van der Waals surface area (Å²) in [6.45, 7) is 4.31. The van der Waals surface area contributed by atoms with Crippen LogP contribution >= 0.6 is 11.8 Å². The van der Waals surface area contributed by atoms with Crippen LogP contribution < -0.4 is 14.8 Å². The smallest absolute Gasteiger partial charge is 0.237 e. The summed E-state index contributed by atoms with van der Waals surface area (Å²) in [7, 11) is 1.87. The Labute approximate surface area is 179 Å². The van der Waals surface area contributed by atoms with Crippen molar-refractivity contribution in [2.75, 3.05) is 11.9 Å². The number of nitrogens with one attached hydrogen (secondary N) is 1. The van der Waals surface area contributed by atoms with Crippen molar-refractivity contribution in [3.8, 4) is 11.5 Å². The van der Waals surface area contributed by atoms with Crippen LogP contribution in [0.2, 0.25) is 0 Å².